The summed E-state index contributed by atoms with van der Waals surface area (Å²) in [5.41, 5.74) is 0.589. The van der Waals surface area contributed by atoms with Crippen LogP contribution in [0.2, 0.25) is 0 Å². The lowest BCUT2D eigenvalue weighted by molar-refractivity contribution is 0.481. The highest BCUT2D eigenvalue weighted by Gasteiger charge is 2.07. The van der Waals surface area contributed by atoms with E-state index in [1.54, 1.807) is 24.4 Å². The second-order valence-corrected chi connectivity index (χ2v) is 5.29. The number of phenols is 1. The van der Waals surface area contributed by atoms with Gasteiger partial charge in [-0.15, -0.1) is 0 Å². The van der Waals surface area contributed by atoms with Gasteiger partial charge in [0.2, 0.25) is 0 Å². The van der Waals surface area contributed by atoms with Crippen LogP contribution < -0.4 is 0 Å². The van der Waals surface area contributed by atoms with Crippen LogP contribution >= 0.6 is 11.8 Å². The summed E-state index contributed by atoms with van der Waals surface area (Å²) < 4.78 is 0. The summed E-state index contributed by atoms with van der Waals surface area (Å²) in [6.07, 6.45) is 1.63. The quantitative estimate of drug-likeness (QED) is 0.770. The highest BCUT2D eigenvalue weighted by Crippen LogP contribution is 2.36. The minimum absolute atomic E-state index is 0.267. The molecule has 3 rings (SSSR count). The Morgan fingerprint density at radius 1 is 1.05 bits per heavy atom. The molecule has 2 aromatic carbocycles. The van der Waals surface area contributed by atoms with E-state index in [1.165, 1.54) is 11.8 Å². The number of nitrogens with zero attached hydrogens (tertiary/aromatic N) is 2. The molecule has 0 amide bonds. The van der Waals surface area contributed by atoms with E-state index in [2.05, 4.69) is 11.1 Å². The molecule has 0 fully saturated rings. The molecule has 0 aliphatic heterocycles. The fourth-order valence-corrected chi connectivity index (χ4v) is 2.94. The highest BCUT2D eigenvalue weighted by atomic mass is 32.2. The maximum absolute atomic E-state index is 9.88. The van der Waals surface area contributed by atoms with Gasteiger partial charge in [0.25, 0.3) is 0 Å². The molecule has 0 aliphatic carbocycles. The third-order valence-corrected chi connectivity index (χ3v) is 3.95. The van der Waals surface area contributed by atoms with Crippen LogP contribution in [0.25, 0.3) is 10.8 Å². The van der Waals surface area contributed by atoms with Crippen molar-refractivity contribution in [3.63, 3.8) is 0 Å². The zero-order valence-corrected chi connectivity index (χ0v) is 11.3. The number of fused-ring (bicyclic) bond motifs is 1. The Hall–Kier alpha value is -2.51. The van der Waals surface area contributed by atoms with Crippen LogP contribution in [0.1, 0.15) is 5.56 Å². The Balaban J connectivity index is 2.07. The van der Waals surface area contributed by atoms with E-state index in [0.717, 1.165) is 20.7 Å². The van der Waals surface area contributed by atoms with Gasteiger partial charge in [0, 0.05) is 16.5 Å². The van der Waals surface area contributed by atoms with Gasteiger partial charge in [0.1, 0.15) is 10.8 Å². The lowest BCUT2D eigenvalue weighted by Crippen LogP contribution is -1.83. The number of benzene rings is 2. The van der Waals surface area contributed by atoms with Gasteiger partial charge in [-0.1, -0.05) is 36.0 Å². The monoisotopic (exact) mass is 278 g/mol. The predicted octanol–water partition coefficient (Wildman–Crippen LogP) is 3.96. The number of hydrogen-bond acceptors (Lipinski definition) is 4. The highest BCUT2D eigenvalue weighted by molar-refractivity contribution is 7.99. The molecule has 0 unspecified atom stereocenters. The molecular formula is C16H10N2OS. The number of rotatable bonds is 2. The normalized spacial score (nSPS) is 10.3. The Bertz CT molecular complexity index is 824. The van der Waals surface area contributed by atoms with Crippen molar-refractivity contribution in [1.82, 2.24) is 4.98 Å². The summed E-state index contributed by atoms with van der Waals surface area (Å²) in [6.45, 7) is 0. The number of phenolic OH excluding ortho intramolecular Hbond substituents is 1. The molecule has 0 saturated heterocycles. The standard InChI is InChI=1S/C16H10N2OS/c17-10-11-7-8-18-16(9-11)20-15-6-5-14(19)12-3-1-2-4-13(12)15/h1-9,19H. The van der Waals surface area contributed by atoms with E-state index in [9.17, 15) is 5.11 Å². The number of nitriles is 1. The molecule has 4 heteroatoms. The van der Waals surface area contributed by atoms with Gasteiger partial charge in [-0.3, -0.25) is 0 Å². The lowest BCUT2D eigenvalue weighted by atomic mass is 10.1. The van der Waals surface area contributed by atoms with E-state index in [-0.39, 0.29) is 5.75 Å². The second-order valence-electron chi connectivity index (χ2n) is 4.23. The molecule has 1 N–H and O–H groups in total. The molecule has 1 aromatic heterocycles. The molecule has 0 bridgehead atoms. The molecule has 20 heavy (non-hydrogen) atoms. The van der Waals surface area contributed by atoms with E-state index in [1.807, 2.05) is 30.3 Å². The van der Waals surface area contributed by atoms with Gasteiger partial charge in [-0.2, -0.15) is 5.26 Å². The van der Waals surface area contributed by atoms with E-state index >= 15 is 0 Å². The number of pyridine rings is 1. The molecule has 0 saturated carbocycles. The number of aromatic nitrogens is 1. The Kier molecular flexibility index (Phi) is 3.28. The van der Waals surface area contributed by atoms with Crippen molar-refractivity contribution in [2.45, 2.75) is 9.92 Å². The van der Waals surface area contributed by atoms with Gasteiger partial charge >= 0.3 is 0 Å². The topological polar surface area (TPSA) is 56.9 Å². The van der Waals surface area contributed by atoms with Crippen LogP contribution in [0, 0.1) is 11.3 Å². The zero-order valence-electron chi connectivity index (χ0n) is 10.4. The molecule has 1 heterocycles. The van der Waals surface area contributed by atoms with Crippen molar-refractivity contribution in [2.24, 2.45) is 0 Å². The van der Waals surface area contributed by atoms with Crippen molar-refractivity contribution >= 4 is 22.5 Å². The largest absolute Gasteiger partial charge is 0.507 e. The molecule has 96 valence electrons. The SMILES string of the molecule is N#Cc1ccnc(Sc2ccc(O)c3ccccc23)c1. The number of hydrogen-bond donors (Lipinski definition) is 1. The maximum atomic E-state index is 9.88. The van der Waals surface area contributed by atoms with Gasteiger partial charge < -0.3 is 5.11 Å². The number of aromatic hydroxyl groups is 1. The minimum Gasteiger partial charge on any atom is -0.507 e. The molecular weight excluding hydrogens is 268 g/mol. The Morgan fingerprint density at radius 3 is 2.65 bits per heavy atom. The third-order valence-electron chi connectivity index (χ3n) is 2.94. The van der Waals surface area contributed by atoms with Gasteiger partial charge in [0.05, 0.1) is 11.6 Å². The summed E-state index contributed by atoms with van der Waals surface area (Å²) in [5.74, 6) is 0.267. The first-order valence-corrected chi connectivity index (χ1v) is 6.84. The second kappa shape index (κ2) is 5.24. The molecule has 0 spiro atoms. The first kappa shape index (κ1) is 12.5. The van der Waals surface area contributed by atoms with E-state index < -0.39 is 0 Å². The average molecular weight is 278 g/mol. The van der Waals surface area contributed by atoms with Crippen LogP contribution in [0.15, 0.2) is 64.6 Å². The van der Waals surface area contributed by atoms with Gasteiger partial charge in [-0.05, 0) is 29.7 Å². The van der Waals surface area contributed by atoms with Crippen molar-refractivity contribution in [3.05, 3.63) is 60.3 Å². The van der Waals surface area contributed by atoms with Crippen LogP contribution in [0.4, 0.5) is 0 Å². The summed E-state index contributed by atoms with van der Waals surface area (Å²) in [7, 11) is 0. The molecule has 3 nitrogen and oxygen atoms in total. The van der Waals surface area contributed by atoms with Crippen LogP contribution in [0.3, 0.4) is 0 Å². The Morgan fingerprint density at radius 2 is 1.85 bits per heavy atom. The minimum atomic E-state index is 0.267. The summed E-state index contributed by atoms with van der Waals surface area (Å²) in [4.78, 5) is 5.26. The first-order chi connectivity index (χ1) is 9.78. The maximum Gasteiger partial charge on any atom is 0.123 e. The zero-order chi connectivity index (χ0) is 13.9. The van der Waals surface area contributed by atoms with Crippen LogP contribution in [-0.2, 0) is 0 Å². The van der Waals surface area contributed by atoms with Crippen molar-refractivity contribution < 1.29 is 5.11 Å². The smallest absolute Gasteiger partial charge is 0.123 e. The van der Waals surface area contributed by atoms with E-state index in [0.29, 0.717) is 5.56 Å². The third kappa shape index (κ3) is 2.31. The summed E-state index contributed by atoms with van der Waals surface area (Å²) in [5, 5.41) is 21.3. The molecule has 0 radical (unpaired) electrons. The fourth-order valence-electron chi connectivity index (χ4n) is 1.99. The summed E-state index contributed by atoms with van der Waals surface area (Å²) in [6, 6.07) is 16.8. The Labute approximate surface area is 120 Å². The van der Waals surface area contributed by atoms with Gasteiger partial charge in [-0.25, -0.2) is 4.98 Å². The van der Waals surface area contributed by atoms with Crippen LogP contribution in [-0.4, -0.2) is 10.1 Å². The van der Waals surface area contributed by atoms with Crippen molar-refractivity contribution in [3.8, 4) is 11.8 Å². The molecule has 3 aromatic rings. The molecule has 0 atom stereocenters. The molecule has 0 aliphatic rings. The predicted molar refractivity (Wildman–Crippen MR) is 78.7 cm³/mol. The summed E-state index contributed by atoms with van der Waals surface area (Å²) >= 11 is 1.48. The first-order valence-electron chi connectivity index (χ1n) is 6.02. The fraction of sp³-hybridized carbons (Fsp3) is 0. The van der Waals surface area contributed by atoms with Crippen LogP contribution in [0.5, 0.6) is 5.75 Å². The van der Waals surface area contributed by atoms with E-state index in [4.69, 9.17) is 5.26 Å². The van der Waals surface area contributed by atoms with Crippen molar-refractivity contribution in [2.75, 3.05) is 0 Å². The lowest BCUT2D eigenvalue weighted by Gasteiger charge is -2.07. The van der Waals surface area contributed by atoms with Gasteiger partial charge in [0.15, 0.2) is 0 Å². The average Bonchev–Trinajstić information content (AvgIpc) is 2.51. The van der Waals surface area contributed by atoms with Crippen molar-refractivity contribution in [1.29, 1.82) is 5.26 Å².